The molecule has 3 aromatic rings. The summed E-state index contributed by atoms with van der Waals surface area (Å²) in [6.45, 7) is 2.45. The number of rotatable bonds is 11. The number of aryl methyl sites for hydroxylation is 1. The summed E-state index contributed by atoms with van der Waals surface area (Å²) < 4.78 is 0. The molecule has 0 fully saturated rings. The van der Waals surface area contributed by atoms with Gasteiger partial charge in [-0.2, -0.15) is 11.8 Å². The lowest BCUT2D eigenvalue weighted by Gasteiger charge is -2.31. The zero-order valence-corrected chi connectivity index (χ0v) is 20.2. The summed E-state index contributed by atoms with van der Waals surface area (Å²) >= 11 is 1.74. The lowest BCUT2D eigenvalue weighted by Crippen LogP contribution is -2.49. The average molecular weight is 461 g/mol. The van der Waals surface area contributed by atoms with Crippen molar-refractivity contribution in [2.75, 3.05) is 12.8 Å². The van der Waals surface area contributed by atoms with E-state index in [1.54, 1.807) is 23.7 Å². The van der Waals surface area contributed by atoms with Crippen LogP contribution in [-0.4, -0.2) is 35.6 Å². The Kier molecular flexibility index (Phi) is 9.58. The van der Waals surface area contributed by atoms with Crippen LogP contribution in [0.25, 0.3) is 0 Å². The minimum absolute atomic E-state index is 0.00148. The number of thioether (sulfide) groups is 1. The highest BCUT2D eigenvalue weighted by molar-refractivity contribution is 7.98. The van der Waals surface area contributed by atoms with Crippen LogP contribution in [0.5, 0.6) is 0 Å². The van der Waals surface area contributed by atoms with Gasteiger partial charge in [-0.1, -0.05) is 90.5 Å². The molecule has 0 saturated heterocycles. The second-order valence-corrected chi connectivity index (χ2v) is 9.22. The fourth-order valence-corrected chi connectivity index (χ4v) is 4.69. The van der Waals surface area contributed by atoms with Crippen LogP contribution in [0.4, 0.5) is 0 Å². The van der Waals surface area contributed by atoms with Crippen LogP contribution in [0, 0.1) is 6.92 Å². The topological polar surface area (TPSA) is 49.4 Å². The molecule has 1 atom stereocenters. The molecule has 0 aliphatic heterocycles. The monoisotopic (exact) mass is 460 g/mol. The molecule has 3 aromatic carbocycles. The molecule has 172 valence electrons. The van der Waals surface area contributed by atoms with Crippen molar-refractivity contribution in [3.63, 3.8) is 0 Å². The van der Waals surface area contributed by atoms with Gasteiger partial charge >= 0.3 is 0 Å². The Bertz CT molecular complexity index is 1020. The van der Waals surface area contributed by atoms with E-state index in [-0.39, 0.29) is 11.8 Å². The van der Waals surface area contributed by atoms with Crippen molar-refractivity contribution >= 4 is 23.6 Å². The molecular formula is C28H32N2O2S. The van der Waals surface area contributed by atoms with Crippen LogP contribution in [0.1, 0.15) is 28.7 Å². The van der Waals surface area contributed by atoms with Gasteiger partial charge in [0.2, 0.25) is 11.8 Å². The molecule has 5 heteroatoms. The lowest BCUT2D eigenvalue weighted by atomic mass is 10.0. The van der Waals surface area contributed by atoms with E-state index in [9.17, 15) is 9.59 Å². The van der Waals surface area contributed by atoms with Gasteiger partial charge in [0.1, 0.15) is 6.04 Å². The summed E-state index contributed by atoms with van der Waals surface area (Å²) in [5.74, 6) is 1.44. The predicted octanol–water partition coefficient (Wildman–Crippen LogP) is 5.00. The second kappa shape index (κ2) is 12.9. The van der Waals surface area contributed by atoms with Gasteiger partial charge in [-0.3, -0.25) is 9.59 Å². The van der Waals surface area contributed by atoms with Crippen molar-refractivity contribution < 1.29 is 9.59 Å². The first kappa shape index (κ1) is 24.6. The number of hydrogen-bond acceptors (Lipinski definition) is 3. The molecule has 3 rings (SSSR count). The molecule has 0 aromatic heterocycles. The zero-order valence-electron chi connectivity index (χ0n) is 19.4. The maximum atomic E-state index is 13.4. The number of carbonyl (C=O) groups is 2. The van der Waals surface area contributed by atoms with E-state index in [2.05, 4.69) is 23.5 Å². The molecule has 33 heavy (non-hydrogen) atoms. The molecule has 1 N–H and O–H groups in total. The van der Waals surface area contributed by atoms with Crippen LogP contribution in [0.15, 0.2) is 84.9 Å². The SMILES string of the molecule is CNC(=O)[C@@H](Cc1ccccc1)N(Cc1cccc(C)c1)C(=O)CCSCc1ccccc1. The quantitative estimate of drug-likeness (QED) is 0.410. The molecule has 0 spiro atoms. The first-order chi connectivity index (χ1) is 16.1. The van der Waals surface area contributed by atoms with Crippen molar-refractivity contribution in [3.8, 4) is 0 Å². The van der Waals surface area contributed by atoms with Gasteiger partial charge in [0.15, 0.2) is 0 Å². The number of likely N-dealkylation sites (N-methyl/N-ethyl adjacent to an activating group) is 1. The normalized spacial score (nSPS) is 11.6. The Balaban J connectivity index is 1.75. The van der Waals surface area contributed by atoms with Crippen LogP contribution < -0.4 is 5.32 Å². The molecule has 2 amide bonds. The fourth-order valence-electron chi connectivity index (χ4n) is 3.80. The molecular weight excluding hydrogens is 428 g/mol. The molecule has 0 radical (unpaired) electrons. The van der Waals surface area contributed by atoms with Crippen molar-refractivity contribution in [3.05, 3.63) is 107 Å². The molecule has 0 bridgehead atoms. The Morgan fingerprint density at radius 1 is 0.879 bits per heavy atom. The zero-order chi connectivity index (χ0) is 23.5. The number of hydrogen-bond donors (Lipinski definition) is 1. The summed E-state index contributed by atoms with van der Waals surface area (Å²) in [6.07, 6.45) is 0.876. The van der Waals surface area contributed by atoms with E-state index >= 15 is 0 Å². The fraction of sp³-hybridized carbons (Fsp3) is 0.286. The van der Waals surface area contributed by atoms with Gasteiger partial charge in [-0.05, 0) is 23.6 Å². The summed E-state index contributed by atoms with van der Waals surface area (Å²) in [6, 6.07) is 27.7. The number of nitrogens with zero attached hydrogens (tertiary/aromatic N) is 1. The van der Waals surface area contributed by atoms with Gasteiger partial charge in [0.05, 0.1) is 0 Å². The highest BCUT2D eigenvalue weighted by atomic mass is 32.2. The van der Waals surface area contributed by atoms with E-state index in [1.165, 1.54) is 5.56 Å². The van der Waals surface area contributed by atoms with E-state index in [0.717, 1.165) is 22.4 Å². The summed E-state index contributed by atoms with van der Waals surface area (Å²) in [7, 11) is 1.63. The first-order valence-corrected chi connectivity index (χ1v) is 12.4. The van der Waals surface area contributed by atoms with Crippen LogP contribution >= 0.6 is 11.8 Å². The Morgan fingerprint density at radius 2 is 1.52 bits per heavy atom. The van der Waals surface area contributed by atoms with Crippen molar-refractivity contribution in [2.24, 2.45) is 0 Å². The third-order valence-electron chi connectivity index (χ3n) is 5.52. The third-order valence-corrected chi connectivity index (χ3v) is 6.55. The molecule has 0 aliphatic rings. The smallest absolute Gasteiger partial charge is 0.242 e. The van der Waals surface area contributed by atoms with Gasteiger partial charge < -0.3 is 10.2 Å². The van der Waals surface area contributed by atoms with Crippen molar-refractivity contribution in [1.29, 1.82) is 0 Å². The molecule has 0 aliphatic carbocycles. The second-order valence-electron chi connectivity index (χ2n) is 8.12. The van der Waals surface area contributed by atoms with E-state index in [1.807, 2.05) is 73.7 Å². The van der Waals surface area contributed by atoms with Gasteiger partial charge in [-0.25, -0.2) is 0 Å². The Morgan fingerprint density at radius 3 is 2.15 bits per heavy atom. The van der Waals surface area contributed by atoms with Crippen LogP contribution in [0.3, 0.4) is 0 Å². The number of carbonyl (C=O) groups excluding carboxylic acids is 2. The average Bonchev–Trinajstić information content (AvgIpc) is 2.84. The molecule has 0 saturated carbocycles. The van der Waals surface area contributed by atoms with Gasteiger partial charge in [0.25, 0.3) is 0 Å². The van der Waals surface area contributed by atoms with E-state index in [4.69, 9.17) is 0 Å². The van der Waals surface area contributed by atoms with Gasteiger partial charge in [-0.15, -0.1) is 0 Å². The third kappa shape index (κ3) is 7.79. The summed E-state index contributed by atoms with van der Waals surface area (Å²) in [5, 5.41) is 2.77. The summed E-state index contributed by atoms with van der Waals surface area (Å²) in [5.41, 5.74) is 4.45. The highest BCUT2D eigenvalue weighted by Crippen LogP contribution is 2.19. The van der Waals surface area contributed by atoms with E-state index < -0.39 is 6.04 Å². The molecule has 0 heterocycles. The number of amides is 2. The van der Waals surface area contributed by atoms with Crippen LogP contribution in [0.2, 0.25) is 0 Å². The van der Waals surface area contributed by atoms with Crippen molar-refractivity contribution in [1.82, 2.24) is 10.2 Å². The lowest BCUT2D eigenvalue weighted by molar-refractivity contribution is -0.140. The molecule has 0 unspecified atom stereocenters. The van der Waals surface area contributed by atoms with Crippen LogP contribution in [-0.2, 0) is 28.3 Å². The molecule has 4 nitrogen and oxygen atoms in total. The highest BCUT2D eigenvalue weighted by Gasteiger charge is 2.29. The largest absolute Gasteiger partial charge is 0.357 e. The predicted molar refractivity (Wildman–Crippen MR) is 137 cm³/mol. The minimum atomic E-state index is -0.565. The standard InChI is InChI=1S/C28H32N2O2S/c1-22-10-9-15-25(18-22)20-30(26(28(32)29-2)19-23-11-5-3-6-12-23)27(31)16-17-33-21-24-13-7-4-8-14-24/h3-15,18,26H,16-17,19-21H2,1-2H3,(H,29,32)/t26-/m1/s1. The Hall–Kier alpha value is -3.05. The first-order valence-electron chi connectivity index (χ1n) is 11.3. The summed E-state index contributed by atoms with van der Waals surface area (Å²) in [4.78, 5) is 28.1. The van der Waals surface area contributed by atoms with E-state index in [0.29, 0.717) is 25.1 Å². The van der Waals surface area contributed by atoms with Gasteiger partial charge in [0, 0.05) is 37.9 Å². The maximum Gasteiger partial charge on any atom is 0.242 e. The number of benzene rings is 3. The Labute approximate surface area is 201 Å². The maximum absolute atomic E-state index is 13.4. The minimum Gasteiger partial charge on any atom is -0.357 e. The van der Waals surface area contributed by atoms with Crippen molar-refractivity contribution in [2.45, 2.75) is 38.1 Å². The number of nitrogens with one attached hydrogen (secondary N) is 1.